The fraction of sp³-hybridized carbons (Fsp3) is 0.632. The first-order valence-electron chi connectivity index (χ1n) is 8.29. The molecule has 2 N–H and O–H groups in total. The summed E-state index contributed by atoms with van der Waals surface area (Å²) in [7, 11) is 3.28. The molecule has 0 aliphatic carbocycles. The van der Waals surface area contributed by atoms with Crippen molar-refractivity contribution in [1.82, 2.24) is 0 Å². The average molecular weight is 341 g/mol. The van der Waals surface area contributed by atoms with E-state index < -0.39 is 0 Å². The van der Waals surface area contributed by atoms with Crippen molar-refractivity contribution in [2.45, 2.75) is 53.6 Å². The van der Waals surface area contributed by atoms with E-state index in [2.05, 4.69) is 0 Å². The SMILES string of the molecule is CC.COC(C)(C)C.COc1cc(N)cc(OCCC(C)C=O)c1. The van der Waals surface area contributed by atoms with E-state index in [9.17, 15) is 4.79 Å². The molecule has 1 atom stereocenters. The van der Waals surface area contributed by atoms with Gasteiger partial charge in [0.25, 0.3) is 0 Å². The van der Waals surface area contributed by atoms with Gasteiger partial charge in [-0.3, -0.25) is 0 Å². The Labute approximate surface area is 147 Å². The highest BCUT2D eigenvalue weighted by Gasteiger charge is 2.04. The second-order valence-corrected chi connectivity index (χ2v) is 6.01. The highest BCUT2D eigenvalue weighted by Crippen LogP contribution is 2.24. The van der Waals surface area contributed by atoms with Gasteiger partial charge in [0.1, 0.15) is 17.8 Å². The minimum Gasteiger partial charge on any atom is -0.497 e. The number of ether oxygens (including phenoxy) is 3. The summed E-state index contributed by atoms with van der Waals surface area (Å²) in [5.74, 6) is 1.34. The number of rotatable bonds is 6. The van der Waals surface area contributed by atoms with Crippen LogP contribution in [0.15, 0.2) is 18.2 Å². The first-order valence-corrected chi connectivity index (χ1v) is 8.29. The van der Waals surface area contributed by atoms with Crippen LogP contribution in [0.25, 0.3) is 0 Å². The maximum atomic E-state index is 10.4. The van der Waals surface area contributed by atoms with Crippen LogP contribution >= 0.6 is 0 Å². The van der Waals surface area contributed by atoms with Crippen molar-refractivity contribution in [3.8, 4) is 11.5 Å². The minimum absolute atomic E-state index is 0.0166. The molecule has 0 radical (unpaired) electrons. The standard InChI is InChI=1S/C12H17NO3.C5H12O.C2H6/c1-9(8-14)3-4-16-12-6-10(13)5-11(7-12)15-2;1-5(2,3)6-4;1-2/h5-9H,3-4,13H2,1-2H3;1-4H3;1-2H3. The smallest absolute Gasteiger partial charge is 0.125 e. The van der Waals surface area contributed by atoms with E-state index in [1.54, 1.807) is 32.4 Å². The predicted octanol–water partition coefficient (Wildman–Crippen LogP) is 4.34. The normalized spacial score (nSPS) is 11.2. The van der Waals surface area contributed by atoms with Gasteiger partial charge in [0.05, 0.1) is 19.3 Å². The third kappa shape index (κ3) is 13.9. The molecule has 0 fully saturated rings. The molecular formula is C19H35NO4. The quantitative estimate of drug-likeness (QED) is 0.615. The first kappa shape index (κ1) is 24.5. The van der Waals surface area contributed by atoms with E-state index in [1.807, 2.05) is 41.5 Å². The van der Waals surface area contributed by atoms with Crippen LogP contribution < -0.4 is 15.2 Å². The van der Waals surface area contributed by atoms with E-state index in [1.165, 1.54) is 0 Å². The van der Waals surface area contributed by atoms with Crippen LogP contribution in [0.4, 0.5) is 5.69 Å². The second kappa shape index (κ2) is 13.7. The van der Waals surface area contributed by atoms with Crippen LogP contribution in [0, 0.1) is 5.92 Å². The van der Waals surface area contributed by atoms with Gasteiger partial charge >= 0.3 is 0 Å². The summed E-state index contributed by atoms with van der Waals surface area (Å²) in [5.41, 5.74) is 6.31. The van der Waals surface area contributed by atoms with Crippen LogP contribution in [0.1, 0.15) is 48.0 Å². The number of hydrogen-bond donors (Lipinski definition) is 1. The lowest BCUT2D eigenvalue weighted by Gasteiger charge is -2.14. The zero-order valence-electron chi connectivity index (χ0n) is 16.5. The zero-order chi connectivity index (χ0) is 19.2. The Morgan fingerprint density at radius 2 is 1.62 bits per heavy atom. The molecule has 0 aliphatic heterocycles. The second-order valence-electron chi connectivity index (χ2n) is 6.01. The van der Waals surface area contributed by atoms with E-state index in [0.29, 0.717) is 30.2 Å². The molecule has 0 amide bonds. The maximum Gasteiger partial charge on any atom is 0.125 e. The highest BCUT2D eigenvalue weighted by molar-refractivity contribution is 5.52. The molecule has 0 heterocycles. The van der Waals surface area contributed by atoms with Gasteiger partial charge in [0.15, 0.2) is 0 Å². The van der Waals surface area contributed by atoms with E-state index in [4.69, 9.17) is 19.9 Å². The number of nitrogen functional groups attached to an aromatic ring is 1. The van der Waals surface area contributed by atoms with Crippen LogP contribution in [0.2, 0.25) is 0 Å². The number of hydrogen-bond acceptors (Lipinski definition) is 5. The lowest BCUT2D eigenvalue weighted by atomic mass is 10.1. The molecule has 140 valence electrons. The number of nitrogens with two attached hydrogens (primary N) is 1. The van der Waals surface area contributed by atoms with E-state index >= 15 is 0 Å². The maximum absolute atomic E-state index is 10.4. The van der Waals surface area contributed by atoms with Crippen LogP contribution in [-0.4, -0.2) is 32.7 Å². The van der Waals surface area contributed by atoms with Crippen molar-refractivity contribution >= 4 is 12.0 Å². The monoisotopic (exact) mass is 341 g/mol. The largest absolute Gasteiger partial charge is 0.497 e. The molecule has 1 rings (SSSR count). The fourth-order valence-corrected chi connectivity index (χ4v) is 1.23. The van der Waals surface area contributed by atoms with Gasteiger partial charge in [-0.2, -0.15) is 0 Å². The molecule has 0 spiro atoms. The van der Waals surface area contributed by atoms with Crippen molar-refractivity contribution < 1.29 is 19.0 Å². The Hall–Kier alpha value is -1.75. The van der Waals surface area contributed by atoms with Crippen molar-refractivity contribution in [3.05, 3.63) is 18.2 Å². The summed E-state index contributed by atoms with van der Waals surface area (Å²) in [6.45, 7) is 12.4. The topological polar surface area (TPSA) is 70.8 Å². The van der Waals surface area contributed by atoms with Crippen molar-refractivity contribution in [2.24, 2.45) is 5.92 Å². The summed E-state index contributed by atoms with van der Waals surface area (Å²) >= 11 is 0. The molecule has 0 aliphatic rings. The molecule has 1 aromatic rings. The highest BCUT2D eigenvalue weighted by atomic mass is 16.5. The number of carbonyl (C=O) groups excluding carboxylic acids is 1. The van der Waals surface area contributed by atoms with E-state index in [-0.39, 0.29) is 11.5 Å². The molecule has 0 saturated carbocycles. The van der Waals surface area contributed by atoms with Crippen LogP contribution in [0.5, 0.6) is 11.5 Å². The summed E-state index contributed by atoms with van der Waals surface area (Å²) < 4.78 is 15.5. The molecule has 24 heavy (non-hydrogen) atoms. The molecule has 0 saturated heterocycles. The lowest BCUT2D eigenvalue weighted by molar-refractivity contribution is -0.111. The number of carbonyl (C=O) groups is 1. The zero-order valence-corrected chi connectivity index (χ0v) is 16.5. The van der Waals surface area contributed by atoms with Gasteiger partial charge in [0.2, 0.25) is 0 Å². The van der Waals surface area contributed by atoms with Crippen molar-refractivity contribution in [2.75, 3.05) is 26.6 Å². The van der Waals surface area contributed by atoms with Gasteiger partial charge in [0, 0.05) is 36.9 Å². The van der Waals surface area contributed by atoms with Crippen molar-refractivity contribution in [1.29, 1.82) is 0 Å². The van der Waals surface area contributed by atoms with Crippen LogP contribution in [0.3, 0.4) is 0 Å². The Bertz CT molecular complexity index is 441. The summed E-state index contributed by atoms with van der Waals surface area (Å²) in [6, 6.07) is 5.22. The third-order valence-electron chi connectivity index (χ3n) is 2.82. The Kier molecular flexibility index (Phi) is 14.0. The Morgan fingerprint density at radius 3 is 2.04 bits per heavy atom. The molecule has 1 aromatic carbocycles. The lowest BCUT2D eigenvalue weighted by Crippen LogP contribution is -2.15. The number of benzene rings is 1. The van der Waals surface area contributed by atoms with Gasteiger partial charge in [-0.25, -0.2) is 0 Å². The fourth-order valence-electron chi connectivity index (χ4n) is 1.23. The number of anilines is 1. The molecular weight excluding hydrogens is 306 g/mol. The minimum atomic E-state index is 0.0166. The molecule has 0 bridgehead atoms. The Balaban J connectivity index is 0. The molecule has 1 unspecified atom stereocenters. The molecule has 0 aromatic heterocycles. The van der Waals surface area contributed by atoms with Gasteiger partial charge < -0.3 is 24.7 Å². The first-order chi connectivity index (χ1) is 11.2. The third-order valence-corrected chi connectivity index (χ3v) is 2.82. The summed E-state index contributed by atoms with van der Waals surface area (Å²) in [5, 5.41) is 0. The predicted molar refractivity (Wildman–Crippen MR) is 101 cm³/mol. The van der Waals surface area contributed by atoms with Gasteiger partial charge in [-0.1, -0.05) is 20.8 Å². The van der Waals surface area contributed by atoms with Crippen molar-refractivity contribution in [3.63, 3.8) is 0 Å². The summed E-state index contributed by atoms with van der Waals surface area (Å²) in [4.78, 5) is 10.4. The number of aldehydes is 1. The number of methoxy groups -OCH3 is 2. The Morgan fingerprint density at radius 1 is 1.12 bits per heavy atom. The van der Waals surface area contributed by atoms with Crippen LogP contribution in [-0.2, 0) is 9.53 Å². The average Bonchev–Trinajstić information content (AvgIpc) is 2.55. The molecule has 5 heteroatoms. The van der Waals surface area contributed by atoms with E-state index in [0.717, 1.165) is 6.29 Å². The molecule has 5 nitrogen and oxygen atoms in total. The summed E-state index contributed by atoms with van der Waals surface area (Å²) in [6.07, 6.45) is 1.61. The van der Waals surface area contributed by atoms with Gasteiger partial charge in [-0.05, 0) is 27.2 Å². The van der Waals surface area contributed by atoms with Gasteiger partial charge in [-0.15, -0.1) is 0 Å².